The van der Waals surface area contributed by atoms with Crippen LogP contribution in [0.2, 0.25) is 0 Å². The Morgan fingerprint density at radius 3 is 3.00 bits per heavy atom. The van der Waals surface area contributed by atoms with Crippen molar-refractivity contribution in [1.82, 2.24) is 0 Å². The Morgan fingerprint density at radius 1 is 1.46 bits per heavy atom. The summed E-state index contributed by atoms with van der Waals surface area (Å²) in [6, 6.07) is 0. The normalized spacial score (nSPS) is 26.1. The molecule has 0 saturated heterocycles. The lowest BCUT2D eigenvalue weighted by Gasteiger charge is -2.19. The number of aliphatic hydroxyl groups excluding tert-OH is 1. The molecule has 0 aromatic heterocycles. The fourth-order valence-electron chi connectivity index (χ4n) is 1.45. The molecule has 1 N–H and O–H groups in total. The summed E-state index contributed by atoms with van der Waals surface area (Å²) in [4.78, 5) is 14.8. The van der Waals surface area contributed by atoms with Crippen LogP contribution < -0.4 is 0 Å². The van der Waals surface area contributed by atoms with Gasteiger partial charge in [0.1, 0.15) is 5.76 Å². The molecule has 3 nitrogen and oxygen atoms in total. The number of hydrogen-bond acceptors (Lipinski definition) is 2. The van der Waals surface area contributed by atoms with Gasteiger partial charge < -0.3 is 5.11 Å². The molecule has 3 heteroatoms. The first-order chi connectivity index (χ1) is 6.16. The zero-order chi connectivity index (χ0) is 9.42. The van der Waals surface area contributed by atoms with E-state index in [1.807, 2.05) is 25.2 Å². The van der Waals surface area contributed by atoms with Crippen molar-refractivity contribution in [1.29, 1.82) is 0 Å². The van der Waals surface area contributed by atoms with Gasteiger partial charge in [-0.25, -0.2) is 4.99 Å². The molecule has 1 atom stereocenters. The molecule has 0 fully saturated rings. The van der Waals surface area contributed by atoms with Crippen LogP contribution in [0, 0.1) is 5.92 Å². The van der Waals surface area contributed by atoms with Crippen LogP contribution in [-0.2, 0) is 4.79 Å². The van der Waals surface area contributed by atoms with E-state index in [0.29, 0.717) is 5.71 Å². The van der Waals surface area contributed by atoms with Crippen molar-refractivity contribution in [3.63, 3.8) is 0 Å². The SMILES string of the molecule is CC1=CC2=NC(=O)C=C(O)C2C=C1. The Labute approximate surface area is 75.8 Å². The fourth-order valence-corrected chi connectivity index (χ4v) is 1.45. The van der Waals surface area contributed by atoms with Gasteiger partial charge in [-0.15, -0.1) is 0 Å². The number of carbonyl (C=O) groups is 1. The Bertz CT molecular complexity index is 386. The van der Waals surface area contributed by atoms with Crippen molar-refractivity contribution in [2.24, 2.45) is 10.9 Å². The quantitative estimate of drug-likeness (QED) is 0.607. The number of allylic oxidation sites excluding steroid dienone is 4. The Hall–Kier alpha value is -1.64. The molecule has 1 heterocycles. The first-order valence-electron chi connectivity index (χ1n) is 4.06. The van der Waals surface area contributed by atoms with Gasteiger partial charge in [0.25, 0.3) is 5.91 Å². The number of carbonyl (C=O) groups excluding carboxylic acids is 1. The summed E-state index contributed by atoms with van der Waals surface area (Å²) in [7, 11) is 0. The Balaban J connectivity index is 2.44. The van der Waals surface area contributed by atoms with Gasteiger partial charge in [0.2, 0.25) is 0 Å². The van der Waals surface area contributed by atoms with Crippen LogP contribution >= 0.6 is 0 Å². The largest absolute Gasteiger partial charge is 0.511 e. The van der Waals surface area contributed by atoms with Crippen molar-refractivity contribution in [2.45, 2.75) is 6.92 Å². The van der Waals surface area contributed by atoms with Gasteiger partial charge in [-0.1, -0.05) is 12.2 Å². The Kier molecular flexibility index (Phi) is 1.65. The molecule has 0 radical (unpaired) electrons. The summed E-state index contributed by atoms with van der Waals surface area (Å²) >= 11 is 0. The lowest BCUT2D eigenvalue weighted by molar-refractivity contribution is -0.113. The first kappa shape index (κ1) is 7.98. The van der Waals surface area contributed by atoms with E-state index in [1.54, 1.807) is 0 Å². The second-order valence-corrected chi connectivity index (χ2v) is 3.17. The second kappa shape index (κ2) is 2.69. The topological polar surface area (TPSA) is 49.7 Å². The highest BCUT2D eigenvalue weighted by Gasteiger charge is 2.23. The fraction of sp³-hybridized carbons (Fsp3) is 0.200. The molecule has 1 aliphatic carbocycles. The number of amides is 1. The number of aliphatic hydroxyl groups is 1. The van der Waals surface area contributed by atoms with Crippen molar-refractivity contribution >= 4 is 11.6 Å². The van der Waals surface area contributed by atoms with E-state index in [9.17, 15) is 9.90 Å². The lowest BCUT2D eigenvalue weighted by atomic mass is 9.91. The van der Waals surface area contributed by atoms with Gasteiger partial charge in [0, 0.05) is 6.08 Å². The molecule has 0 bridgehead atoms. The highest BCUT2D eigenvalue weighted by molar-refractivity contribution is 6.12. The average molecular weight is 175 g/mol. The monoisotopic (exact) mass is 175 g/mol. The van der Waals surface area contributed by atoms with E-state index in [2.05, 4.69) is 4.99 Å². The summed E-state index contributed by atoms with van der Waals surface area (Å²) < 4.78 is 0. The van der Waals surface area contributed by atoms with Crippen LogP contribution in [0.1, 0.15) is 6.92 Å². The third-order valence-corrected chi connectivity index (χ3v) is 2.08. The van der Waals surface area contributed by atoms with Gasteiger partial charge in [-0.3, -0.25) is 4.79 Å². The summed E-state index contributed by atoms with van der Waals surface area (Å²) in [5, 5.41) is 9.44. The number of hydrogen-bond donors (Lipinski definition) is 1. The van der Waals surface area contributed by atoms with E-state index in [0.717, 1.165) is 11.6 Å². The van der Waals surface area contributed by atoms with E-state index >= 15 is 0 Å². The summed E-state index contributed by atoms with van der Waals surface area (Å²) in [5.41, 5.74) is 1.67. The highest BCUT2D eigenvalue weighted by Crippen LogP contribution is 2.23. The van der Waals surface area contributed by atoms with Gasteiger partial charge in [-0.05, 0) is 18.6 Å². The molecule has 2 rings (SSSR count). The number of dihydropyridines is 1. The van der Waals surface area contributed by atoms with Crippen molar-refractivity contribution in [3.8, 4) is 0 Å². The predicted octanol–water partition coefficient (Wildman–Crippen LogP) is 1.54. The molecule has 0 spiro atoms. The minimum atomic E-state index is -0.386. The molecule has 0 aromatic rings. The summed E-state index contributed by atoms with van der Waals surface area (Å²) in [6.07, 6.45) is 6.72. The Morgan fingerprint density at radius 2 is 2.23 bits per heavy atom. The van der Waals surface area contributed by atoms with Crippen LogP contribution in [0.3, 0.4) is 0 Å². The predicted molar refractivity (Wildman–Crippen MR) is 49.5 cm³/mol. The third-order valence-electron chi connectivity index (χ3n) is 2.08. The molecular formula is C10H9NO2. The van der Waals surface area contributed by atoms with Crippen LogP contribution in [0.15, 0.2) is 40.6 Å². The molecule has 0 aromatic carbocycles. The van der Waals surface area contributed by atoms with Crippen LogP contribution in [0.4, 0.5) is 0 Å². The first-order valence-corrected chi connectivity index (χ1v) is 4.06. The van der Waals surface area contributed by atoms with Crippen molar-refractivity contribution in [3.05, 3.63) is 35.6 Å². The standard InChI is InChI=1S/C10H9NO2/c1-6-2-3-7-8(4-6)11-10(13)5-9(7)12/h2-5,7,12H,1H3. The van der Waals surface area contributed by atoms with Crippen LogP contribution in [0.25, 0.3) is 0 Å². The van der Waals surface area contributed by atoms with Gasteiger partial charge in [0.05, 0.1) is 11.6 Å². The minimum absolute atomic E-state index is 0.0787. The number of rotatable bonds is 0. The molecule has 1 unspecified atom stereocenters. The smallest absolute Gasteiger partial charge is 0.273 e. The molecule has 2 aliphatic rings. The van der Waals surface area contributed by atoms with E-state index in [4.69, 9.17) is 0 Å². The van der Waals surface area contributed by atoms with Crippen LogP contribution in [0.5, 0.6) is 0 Å². The number of nitrogens with zero attached hydrogens (tertiary/aromatic N) is 1. The average Bonchev–Trinajstić information content (AvgIpc) is 2.02. The molecule has 13 heavy (non-hydrogen) atoms. The van der Waals surface area contributed by atoms with E-state index in [-0.39, 0.29) is 17.6 Å². The molecular weight excluding hydrogens is 166 g/mol. The van der Waals surface area contributed by atoms with Crippen LogP contribution in [-0.4, -0.2) is 16.7 Å². The van der Waals surface area contributed by atoms with Gasteiger partial charge >= 0.3 is 0 Å². The zero-order valence-electron chi connectivity index (χ0n) is 7.19. The lowest BCUT2D eigenvalue weighted by Crippen LogP contribution is -2.21. The van der Waals surface area contributed by atoms with Gasteiger partial charge in [0.15, 0.2) is 0 Å². The highest BCUT2D eigenvalue weighted by atomic mass is 16.3. The summed E-state index contributed by atoms with van der Waals surface area (Å²) in [5.74, 6) is -0.528. The van der Waals surface area contributed by atoms with E-state index in [1.165, 1.54) is 0 Å². The maximum Gasteiger partial charge on any atom is 0.273 e. The minimum Gasteiger partial charge on any atom is -0.511 e. The van der Waals surface area contributed by atoms with Crippen molar-refractivity contribution < 1.29 is 9.90 Å². The maximum atomic E-state index is 11.0. The summed E-state index contributed by atoms with van der Waals surface area (Å²) in [6.45, 7) is 1.93. The zero-order valence-corrected chi connectivity index (χ0v) is 7.19. The third kappa shape index (κ3) is 1.33. The van der Waals surface area contributed by atoms with Gasteiger partial charge in [-0.2, -0.15) is 0 Å². The molecule has 1 aliphatic heterocycles. The molecule has 1 amide bonds. The van der Waals surface area contributed by atoms with E-state index < -0.39 is 0 Å². The maximum absolute atomic E-state index is 11.0. The number of aliphatic imine (C=N–C) groups is 1. The molecule has 0 saturated carbocycles. The second-order valence-electron chi connectivity index (χ2n) is 3.17. The van der Waals surface area contributed by atoms with Crippen molar-refractivity contribution in [2.75, 3.05) is 0 Å². The number of fused-ring (bicyclic) bond motifs is 1. The molecule has 66 valence electrons.